The predicted molar refractivity (Wildman–Crippen MR) is 107 cm³/mol. The molecule has 27 heavy (non-hydrogen) atoms. The predicted octanol–water partition coefficient (Wildman–Crippen LogP) is 2.81. The smallest absolute Gasteiger partial charge is 0.233 e. The van der Waals surface area contributed by atoms with E-state index < -0.39 is 0 Å². The van der Waals surface area contributed by atoms with E-state index >= 15 is 0 Å². The van der Waals surface area contributed by atoms with Crippen molar-refractivity contribution in [2.45, 2.75) is 68.4 Å². The first-order valence-corrected chi connectivity index (χ1v) is 11.0. The molecule has 2 aromatic rings. The van der Waals surface area contributed by atoms with Crippen LogP contribution in [-0.4, -0.2) is 37.9 Å². The molecule has 0 aromatic carbocycles. The molecule has 3 rings (SSSR count). The molecule has 9 heteroatoms. The van der Waals surface area contributed by atoms with Crippen LogP contribution in [0.3, 0.4) is 0 Å². The Morgan fingerprint density at radius 3 is 2.81 bits per heavy atom. The Morgan fingerprint density at radius 2 is 2.15 bits per heavy atom. The minimum absolute atomic E-state index is 0.0222. The fourth-order valence-corrected chi connectivity index (χ4v) is 4.77. The van der Waals surface area contributed by atoms with E-state index in [1.54, 1.807) is 11.3 Å². The SMILES string of the molecule is CC(Sc1nnc(-c2cccs2)n1CCC(N)=O)C(=O)NC1CCCCC1. The number of carbonyl (C=O) groups is 2. The maximum atomic E-state index is 12.6. The van der Waals surface area contributed by atoms with Gasteiger partial charge in [-0.2, -0.15) is 0 Å². The lowest BCUT2D eigenvalue weighted by Crippen LogP contribution is -2.40. The number of carbonyl (C=O) groups excluding carboxylic acids is 2. The molecule has 2 aromatic heterocycles. The van der Waals surface area contributed by atoms with Gasteiger partial charge in [0.1, 0.15) is 0 Å². The molecule has 0 saturated heterocycles. The number of hydrogen-bond donors (Lipinski definition) is 2. The molecule has 0 radical (unpaired) electrons. The van der Waals surface area contributed by atoms with Crippen molar-refractivity contribution >= 4 is 34.9 Å². The number of nitrogens with two attached hydrogens (primary N) is 1. The highest BCUT2D eigenvalue weighted by Crippen LogP contribution is 2.29. The zero-order valence-corrected chi connectivity index (χ0v) is 17.0. The summed E-state index contributed by atoms with van der Waals surface area (Å²) in [5.41, 5.74) is 5.32. The van der Waals surface area contributed by atoms with E-state index in [2.05, 4.69) is 15.5 Å². The highest BCUT2D eigenvalue weighted by Gasteiger charge is 2.24. The Balaban J connectivity index is 1.70. The second kappa shape index (κ2) is 9.36. The molecule has 146 valence electrons. The van der Waals surface area contributed by atoms with Gasteiger partial charge in [-0.15, -0.1) is 21.5 Å². The summed E-state index contributed by atoms with van der Waals surface area (Å²) in [5, 5.41) is 14.0. The van der Waals surface area contributed by atoms with Crippen molar-refractivity contribution in [2.24, 2.45) is 5.73 Å². The molecule has 0 bridgehead atoms. The van der Waals surface area contributed by atoms with Gasteiger partial charge in [0, 0.05) is 19.0 Å². The highest BCUT2D eigenvalue weighted by molar-refractivity contribution is 8.00. The third-order valence-corrected chi connectivity index (χ3v) is 6.59. The van der Waals surface area contributed by atoms with E-state index in [0.717, 1.165) is 17.7 Å². The summed E-state index contributed by atoms with van der Waals surface area (Å²) < 4.78 is 1.88. The molecule has 7 nitrogen and oxygen atoms in total. The molecule has 3 N–H and O–H groups in total. The second-order valence-corrected chi connectivity index (χ2v) is 9.01. The van der Waals surface area contributed by atoms with Crippen LogP contribution >= 0.6 is 23.1 Å². The number of thiophene rings is 1. The van der Waals surface area contributed by atoms with Crippen LogP contribution in [0.25, 0.3) is 10.7 Å². The molecule has 2 heterocycles. The number of aromatic nitrogens is 3. The van der Waals surface area contributed by atoms with Gasteiger partial charge in [0.2, 0.25) is 11.8 Å². The van der Waals surface area contributed by atoms with Crippen LogP contribution in [0.15, 0.2) is 22.7 Å². The summed E-state index contributed by atoms with van der Waals surface area (Å²) in [6.07, 6.45) is 5.93. The van der Waals surface area contributed by atoms with Crippen molar-refractivity contribution in [1.82, 2.24) is 20.1 Å². The average molecular weight is 408 g/mol. The van der Waals surface area contributed by atoms with Crippen molar-refractivity contribution in [2.75, 3.05) is 0 Å². The van der Waals surface area contributed by atoms with Gasteiger partial charge >= 0.3 is 0 Å². The maximum absolute atomic E-state index is 12.6. The molecule has 1 saturated carbocycles. The third kappa shape index (κ3) is 5.32. The minimum Gasteiger partial charge on any atom is -0.370 e. The van der Waals surface area contributed by atoms with E-state index in [-0.39, 0.29) is 29.5 Å². The first-order valence-electron chi connectivity index (χ1n) is 9.27. The summed E-state index contributed by atoms with van der Waals surface area (Å²) in [7, 11) is 0. The van der Waals surface area contributed by atoms with Crippen LogP contribution in [0.2, 0.25) is 0 Å². The number of hydrogen-bond acceptors (Lipinski definition) is 6. The number of rotatable bonds is 8. The van der Waals surface area contributed by atoms with Crippen LogP contribution in [0.1, 0.15) is 45.4 Å². The van der Waals surface area contributed by atoms with Crippen molar-refractivity contribution in [3.63, 3.8) is 0 Å². The lowest BCUT2D eigenvalue weighted by atomic mass is 9.95. The Morgan fingerprint density at radius 1 is 1.37 bits per heavy atom. The van der Waals surface area contributed by atoms with Crippen LogP contribution < -0.4 is 11.1 Å². The molecule has 0 aliphatic heterocycles. The Labute approximate surface area is 167 Å². The summed E-state index contributed by atoms with van der Waals surface area (Å²) in [4.78, 5) is 24.8. The summed E-state index contributed by atoms with van der Waals surface area (Å²) >= 11 is 2.92. The molecule has 0 spiro atoms. The second-order valence-electron chi connectivity index (χ2n) is 6.76. The van der Waals surface area contributed by atoms with E-state index in [1.807, 2.05) is 29.0 Å². The lowest BCUT2D eigenvalue weighted by Gasteiger charge is -2.24. The summed E-state index contributed by atoms with van der Waals surface area (Å²) in [6.45, 7) is 2.27. The Kier molecular flexibility index (Phi) is 6.89. The third-order valence-electron chi connectivity index (χ3n) is 4.64. The molecule has 1 unspecified atom stereocenters. The summed E-state index contributed by atoms with van der Waals surface area (Å²) in [5.74, 6) is 0.350. The number of thioether (sulfide) groups is 1. The quantitative estimate of drug-likeness (QED) is 0.655. The minimum atomic E-state index is -0.375. The highest BCUT2D eigenvalue weighted by atomic mass is 32.2. The van der Waals surface area contributed by atoms with Gasteiger partial charge in [0.05, 0.1) is 10.1 Å². The Bertz CT molecular complexity index is 769. The van der Waals surface area contributed by atoms with E-state index in [4.69, 9.17) is 5.73 Å². The van der Waals surface area contributed by atoms with Gasteiger partial charge in [0.15, 0.2) is 11.0 Å². The standard InChI is InChI=1S/C18H25N5O2S2/c1-12(17(25)20-13-6-3-2-4-7-13)27-18-22-21-16(14-8-5-11-26-14)23(18)10-9-15(19)24/h5,8,11-13H,2-4,6-7,9-10H2,1H3,(H2,19,24)(H,20,25). The molecular formula is C18H25N5O2S2. The number of nitrogens with one attached hydrogen (secondary N) is 1. The molecule has 1 fully saturated rings. The molecule has 1 atom stereocenters. The van der Waals surface area contributed by atoms with E-state index in [0.29, 0.717) is 17.5 Å². The van der Waals surface area contributed by atoms with Crippen molar-refractivity contribution in [3.05, 3.63) is 17.5 Å². The number of primary amides is 1. The average Bonchev–Trinajstić information content (AvgIpc) is 3.30. The lowest BCUT2D eigenvalue weighted by molar-refractivity contribution is -0.121. The topological polar surface area (TPSA) is 103 Å². The number of amides is 2. The number of nitrogens with zero attached hydrogens (tertiary/aromatic N) is 3. The normalized spacial score (nSPS) is 16.2. The van der Waals surface area contributed by atoms with Crippen LogP contribution in [0.4, 0.5) is 0 Å². The fraction of sp³-hybridized carbons (Fsp3) is 0.556. The van der Waals surface area contributed by atoms with E-state index in [9.17, 15) is 9.59 Å². The first-order chi connectivity index (χ1) is 13.0. The van der Waals surface area contributed by atoms with Crippen molar-refractivity contribution in [1.29, 1.82) is 0 Å². The molecular weight excluding hydrogens is 382 g/mol. The zero-order valence-electron chi connectivity index (χ0n) is 15.4. The van der Waals surface area contributed by atoms with Gasteiger partial charge in [-0.1, -0.05) is 37.1 Å². The Hall–Kier alpha value is -1.87. The van der Waals surface area contributed by atoms with Crippen LogP contribution in [0, 0.1) is 0 Å². The monoisotopic (exact) mass is 407 g/mol. The molecule has 1 aliphatic rings. The largest absolute Gasteiger partial charge is 0.370 e. The maximum Gasteiger partial charge on any atom is 0.233 e. The van der Waals surface area contributed by atoms with E-state index in [1.165, 1.54) is 31.0 Å². The fourth-order valence-electron chi connectivity index (χ4n) is 3.16. The van der Waals surface area contributed by atoms with Gasteiger partial charge in [-0.05, 0) is 31.2 Å². The van der Waals surface area contributed by atoms with Gasteiger partial charge in [0.25, 0.3) is 0 Å². The van der Waals surface area contributed by atoms with Gasteiger partial charge in [-0.25, -0.2) is 0 Å². The molecule has 2 amide bonds. The molecule has 1 aliphatic carbocycles. The summed E-state index contributed by atoms with van der Waals surface area (Å²) in [6, 6.07) is 4.19. The van der Waals surface area contributed by atoms with Crippen LogP contribution in [-0.2, 0) is 16.1 Å². The van der Waals surface area contributed by atoms with Gasteiger partial charge in [-0.3, -0.25) is 9.59 Å². The van der Waals surface area contributed by atoms with Crippen molar-refractivity contribution < 1.29 is 9.59 Å². The van der Waals surface area contributed by atoms with Crippen molar-refractivity contribution in [3.8, 4) is 10.7 Å². The van der Waals surface area contributed by atoms with Crippen LogP contribution in [0.5, 0.6) is 0 Å². The first kappa shape index (κ1) is 19.9. The zero-order chi connectivity index (χ0) is 19.2. The van der Waals surface area contributed by atoms with Gasteiger partial charge < -0.3 is 15.6 Å².